The van der Waals surface area contributed by atoms with Gasteiger partial charge < -0.3 is 4.90 Å². The number of benzene rings is 1. The number of rotatable bonds is 6. The molecule has 3 rings (SSSR count). The third-order valence-electron chi connectivity index (χ3n) is 6.19. The maximum absolute atomic E-state index is 13.0. The Hall–Kier alpha value is -0.910. The van der Waals surface area contributed by atoms with Crippen molar-refractivity contribution in [2.45, 2.75) is 50.5 Å². The zero-order valence-corrected chi connectivity index (χ0v) is 17.1. The first-order valence-corrected chi connectivity index (χ1v) is 11.8. The molecule has 26 heavy (non-hydrogen) atoms. The minimum absolute atomic E-state index is 0.0983. The molecule has 0 radical (unpaired) electrons. The van der Waals surface area contributed by atoms with Crippen LogP contribution >= 0.6 is 0 Å². The Morgan fingerprint density at radius 2 is 1.46 bits per heavy atom. The van der Waals surface area contributed by atoms with Gasteiger partial charge >= 0.3 is 0 Å². The number of likely N-dealkylation sites (tertiary alicyclic amines) is 2. The summed E-state index contributed by atoms with van der Waals surface area (Å²) in [5.74, 6) is 1.79. The van der Waals surface area contributed by atoms with Gasteiger partial charge in [0.05, 0.1) is 10.6 Å². The van der Waals surface area contributed by atoms with Gasteiger partial charge in [0, 0.05) is 12.6 Å². The van der Waals surface area contributed by atoms with Crippen molar-refractivity contribution in [1.82, 2.24) is 9.80 Å². The molecule has 146 valence electrons. The van der Waals surface area contributed by atoms with Gasteiger partial charge in [-0.05, 0) is 75.8 Å². The fraction of sp³-hybridized carbons (Fsp3) is 0.714. The molecule has 2 aliphatic heterocycles. The Morgan fingerprint density at radius 1 is 0.923 bits per heavy atom. The molecule has 2 fully saturated rings. The van der Waals surface area contributed by atoms with Gasteiger partial charge in [-0.2, -0.15) is 0 Å². The van der Waals surface area contributed by atoms with Crippen molar-refractivity contribution in [3.8, 4) is 0 Å². The second kappa shape index (κ2) is 8.85. The third-order valence-corrected chi connectivity index (χ3v) is 8.01. The maximum atomic E-state index is 13.0. The number of nitrogens with zero attached hydrogens (tertiary/aromatic N) is 2. The molecule has 0 bridgehead atoms. The highest BCUT2D eigenvalue weighted by atomic mass is 32.2. The van der Waals surface area contributed by atoms with Crippen LogP contribution in [0.2, 0.25) is 0 Å². The molecule has 1 atom stereocenters. The molecule has 0 N–H and O–H groups in total. The molecule has 0 saturated carbocycles. The van der Waals surface area contributed by atoms with Gasteiger partial charge in [0.1, 0.15) is 0 Å². The van der Waals surface area contributed by atoms with Crippen LogP contribution in [0.15, 0.2) is 35.2 Å². The van der Waals surface area contributed by atoms with E-state index >= 15 is 0 Å². The maximum Gasteiger partial charge on any atom is 0.179 e. The molecule has 2 aliphatic rings. The molecule has 2 saturated heterocycles. The van der Waals surface area contributed by atoms with Crippen LogP contribution in [0.1, 0.15) is 39.5 Å². The number of hydrogen-bond acceptors (Lipinski definition) is 4. The predicted molar refractivity (Wildman–Crippen MR) is 107 cm³/mol. The summed E-state index contributed by atoms with van der Waals surface area (Å²) in [5.41, 5.74) is 0. The Balaban J connectivity index is 1.72. The van der Waals surface area contributed by atoms with Crippen LogP contribution in [0.25, 0.3) is 0 Å². The first kappa shape index (κ1) is 19.8. The molecule has 0 spiro atoms. The van der Waals surface area contributed by atoms with Crippen LogP contribution in [0, 0.1) is 11.8 Å². The summed E-state index contributed by atoms with van der Waals surface area (Å²) in [6.07, 6.45) is 4.82. The predicted octanol–water partition coefficient (Wildman–Crippen LogP) is 3.29. The number of sulfone groups is 1. The molecular formula is C21H34N2O2S. The zero-order valence-electron chi connectivity index (χ0n) is 16.3. The van der Waals surface area contributed by atoms with Crippen molar-refractivity contribution < 1.29 is 8.42 Å². The Kier molecular flexibility index (Phi) is 6.76. The standard InChI is InChI=1S/C21H34N2O2S/c1-18-8-12-22(13-9-18)16-20(23-14-10-19(2)11-15-23)17-26(24,25)21-6-4-3-5-7-21/h3-7,18-20H,8-17H2,1-2H3/t20-/m1/s1. The quantitative estimate of drug-likeness (QED) is 0.762. The fourth-order valence-electron chi connectivity index (χ4n) is 4.19. The molecule has 5 heteroatoms. The van der Waals surface area contributed by atoms with Crippen LogP contribution in [0.3, 0.4) is 0 Å². The summed E-state index contributed by atoms with van der Waals surface area (Å²) in [6.45, 7) is 9.77. The van der Waals surface area contributed by atoms with E-state index < -0.39 is 9.84 Å². The summed E-state index contributed by atoms with van der Waals surface area (Å²) < 4.78 is 26.0. The van der Waals surface area contributed by atoms with E-state index in [1.807, 2.05) is 18.2 Å². The summed E-state index contributed by atoms with van der Waals surface area (Å²) >= 11 is 0. The van der Waals surface area contributed by atoms with E-state index in [1.165, 1.54) is 25.7 Å². The Morgan fingerprint density at radius 3 is 2.04 bits per heavy atom. The van der Waals surface area contributed by atoms with Crippen LogP contribution in [0.5, 0.6) is 0 Å². The minimum atomic E-state index is -3.25. The second-order valence-electron chi connectivity index (χ2n) is 8.45. The monoisotopic (exact) mass is 378 g/mol. The summed E-state index contributed by atoms with van der Waals surface area (Å²) in [5, 5.41) is 0. The topological polar surface area (TPSA) is 40.6 Å². The van der Waals surface area contributed by atoms with E-state index in [9.17, 15) is 8.42 Å². The van der Waals surface area contributed by atoms with Crippen LogP contribution in [-0.4, -0.2) is 62.7 Å². The fourth-order valence-corrected chi connectivity index (χ4v) is 5.77. The van der Waals surface area contributed by atoms with Crippen LogP contribution in [0.4, 0.5) is 0 Å². The lowest BCUT2D eigenvalue weighted by Gasteiger charge is -2.40. The van der Waals surface area contributed by atoms with Crippen molar-refractivity contribution in [2.24, 2.45) is 11.8 Å². The first-order chi connectivity index (χ1) is 12.4. The molecule has 2 heterocycles. The minimum Gasteiger partial charge on any atom is -0.302 e. The molecule has 0 aromatic heterocycles. The largest absolute Gasteiger partial charge is 0.302 e. The summed E-state index contributed by atoms with van der Waals surface area (Å²) in [6, 6.07) is 9.06. The van der Waals surface area contributed by atoms with E-state index in [-0.39, 0.29) is 11.8 Å². The van der Waals surface area contributed by atoms with Gasteiger partial charge in [-0.1, -0.05) is 32.0 Å². The van der Waals surface area contributed by atoms with E-state index in [4.69, 9.17) is 0 Å². The molecular weight excluding hydrogens is 344 g/mol. The van der Waals surface area contributed by atoms with Gasteiger partial charge in [0.25, 0.3) is 0 Å². The molecule has 1 aromatic rings. The smallest absolute Gasteiger partial charge is 0.179 e. The van der Waals surface area contributed by atoms with Crippen molar-refractivity contribution in [3.05, 3.63) is 30.3 Å². The lowest BCUT2D eigenvalue weighted by atomic mass is 9.97. The van der Waals surface area contributed by atoms with Gasteiger partial charge in [-0.15, -0.1) is 0 Å². The lowest BCUT2D eigenvalue weighted by Crippen LogP contribution is -2.51. The van der Waals surface area contributed by atoms with Gasteiger partial charge in [0.2, 0.25) is 0 Å². The average molecular weight is 379 g/mol. The van der Waals surface area contributed by atoms with E-state index in [2.05, 4.69) is 23.6 Å². The summed E-state index contributed by atoms with van der Waals surface area (Å²) in [7, 11) is -3.25. The Bertz CT molecular complexity index is 646. The molecule has 0 unspecified atom stereocenters. The van der Waals surface area contributed by atoms with E-state index in [0.717, 1.165) is 44.6 Å². The second-order valence-corrected chi connectivity index (χ2v) is 10.5. The first-order valence-electron chi connectivity index (χ1n) is 10.2. The lowest BCUT2D eigenvalue weighted by molar-refractivity contribution is 0.0974. The van der Waals surface area contributed by atoms with Gasteiger partial charge in [-0.3, -0.25) is 4.90 Å². The average Bonchev–Trinajstić information content (AvgIpc) is 2.64. The van der Waals surface area contributed by atoms with E-state index in [1.54, 1.807) is 12.1 Å². The van der Waals surface area contributed by atoms with Gasteiger partial charge in [-0.25, -0.2) is 8.42 Å². The highest BCUT2D eigenvalue weighted by Crippen LogP contribution is 2.23. The third kappa shape index (κ3) is 5.30. The van der Waals surface area contributed by atoms with Crippen LogP contribution in [-0.2, 0) is 9.84 Å². The highest BCUT2D eigenvalue weighted by molar-refractivity contribution is 7.91. The Labute approximate surface area is 159 Å². The van der Waals surface area contributed by atoms with Gasteiger partial charge in [0.15, 0.2) is 9.84 Å². The molecule has 4 nitrogen and oxygen atoms in total. The zero-order chi connectivity index (χ0) is 18.6. The van der Waals surface area contributed by atoms with Crippen LogP contribution < -0.4 is 0 Å². The summed E-state index contributed by atoms with van der Waals surface area (Å²) in [4.78, 5) is 5.39. The molecule has 0 aliphatic carbocycles. The van der Waals surface area contributed by atoms with Crippen molar-refractivity contribution in [2.75, 3.05) is 38.5 Å². The molecule has 1 aromatic carbocycles. The van der Waals surface area contributed by atoms with Crippen molar-refractivity contribution in [1.29, 1.82) is 0 Å². The SMILES string of the molecule is CC1CCN(C[C@H](CS(=O)(=O)c2ccccc2)N2CCC(C)CC2)CC1. The van der Waals surface area contributed by atoms with E-state index in [0.29, 0.717) is 4.90 Å². The van der Waals surface area contributed by atoms with Crippen molar-refractivity contribution >= 4 is 9.84 Å². The number of hydrogen-bond donors (Lipinski definition) is 0. The van der Waals surface area contributed by atoms with Crippen molar-refractivity contribution in [3.63, 3.8) is 0 Å². The normalized spacial score (nSPS) is 23.2. The highest BCUT2D eigenvalue weighted by Gasteiger charge is 2.30. The number of piperidine rings is 2. The molecule has 0 amide bonds.